The third-order valence-electron chi connectivity index (χ3n) is 3.10. The topological polar surface area (TPSA) is 89.5 Å². The number of rotatable bonds is 6. The molecule has 0 N–H and O–H groups in total. The van der Waals surface area contributed by atoms with E-state index in [1.165, 1.54) is 21.7 Å². The van der Waals surface area contributed by atoms with Crippen LogP contribution in [0, 0.1) is 27.7 Å². The van der Waals surface area contributed by atoms with Gasteiger partial charge in [0.15, 0.2) is 0 Å². The van der Waals surface area contributed by atoms with E-state index in [0.29, 0.717) is 13.2 Å². The molecular formula is C16H22CuN6OS2. The van der Waals surface area contributed by atoms with Crippen LogP contribution in [0.3, 0.4) is 0 Å². The van der Waals surface area contributed by atoms with Gasteiger partial charge in [0.25, 0.3) is 0 Å². The molecule has 2 rings (SSSR count). The quantitative estimate of drug-likeness (QED) is 0.297. The number of thiocarbonyl (C=S) groups is 2. The number of isothiocyanates is 2. The summed E-state index contributed by atoms with van der Waals surface area (Å²) in [5, 5.41) is 25.7. The van der Waals surface area contributed by atoms with Gasteiger partial charge in [-0.25, -0.2) is 0 Å². The first kappa shape index (κ1) is 26.7. The molecular weight excluding hydrogens is 420 g/mol. The summed E-state index contributed by atoms with van der Waals surface area (Å²) in [6.45, 7) is 11.1. The Morgan fingerprint density at radius 2 is 1.19 bits per heavy atom. The van der Waals surface area contributed by atoms with E-state index < -0.39 is 0 Å². The average molecular weight is 442 g/mol. The van der Waals surface area contributed by atoms with Crippen molar-refractivity contribution in [2.24, 2.45) is 0 Å². The molecule has 0 fully saturated rings. The summed E-state index contributed by atoms with van der Waals surface area (Å²) in [6.07, 6.45) is 0. The third-order valence-corrected chi connectivity index (χ3v) is 3.10. The summed E-state index contributed by atoms with van der Waals surface area (Å²) in [5.41, 5.74) is 4.47. The number of aromatic nitrogens is 4. The molecule has 2 heterocycles. The van der Waals surface area contributed by atoms with Crippen LogP contribution < -0.4 is 0 Å². The number of aryl methyl sites for hydroxylation is 4. The molecule has 2 aromatic rings. The van der Waals surface area contributed by atoms with Crippen molar-refractivity contribution in [1.82, 2.24) is 19.6 Å². The summed E-state index contributed by atoms with van der Waals surface area (Å²) >= 11 is 7.40. The molecule has 0 unspecified atom stereocenters. The molecule has 0 amide bonds. The Bertz CT molecular complexity index is 656. The van der Waals surface area contributed by atoms with Crippen molar-refractivity contribution in [3.8, 4) is 0 Å². The molecule has 0 aliphatic rings. The van der Waals surface area contributed by atoms with Crippen LogP contribution >= 0.6 is 24.4 Å². The largest absolute Gasteiger partial charge is 2.00 e. The SMILES string of the molecule is Cc1cc(C)n(CCOCCn2nc(C)cc2C)n1.[Cu+2].[N-]=C=S.[N-]=C=S. The van der Waals surface area contributed by atoms with Gasteiger partial charge in [-0.15, -0.1) is 0 Å². The molecule has 0 spiro atoms. The Labute approximate surface area is 175 Å². The summed E-state index contributed by atoms with van der Waals surface area (Å²) in [6, 6.07) is 4.16. The van der Waals surface area contributed by atoms with E-state index in [-0.39, 0.29) is 17.1 Å². The number of hydrogen-bond donors (Lipinski definition) is 0. The number of ether oxygens (including phenoxy) is 1. The Morgan fingerprint density at radius 1 is 0.885 bits per heavy atom. The molecule has 0 aliphatic carbocycles. The first-order chi connectivity index (χ1) is 11.9. The molecule has 145 valence electrons. The molecule has 0 saturated carbocycles. The molecule has 10 heteroatoms. The van der Waals surface area contributed by atoms with Gasteiger partial charge in [-0.2, -0.15) is 20.5 Å². The van der Waals surface area contributed by atoms with Gasteiger partial charge in [0.05, 0.1) is 37.7 Å². The smallest absolute Gasteiger partial charge is 0.753 e. The molecule has 0 aromatic carbocycles. The second kappa shape index (κ2) is 15.7. The van der Waals surface area contributed by atoms with Gasteiger partial charge in [0.1, 0.15) is 0 Å². The van der Waals surface area contributed by atoms with Crippen molar-refractivity contribution >= 4 is 34.8 Å². The Morgan fingerprint density at radius 3 is 1.42 bits per heavy atom. The normalized spacial score (nSPS) is 8.77. The van der Waals surface area contributed by atoms with Crippen LogP contribution in [-0.2, 0) is 34.9 Å². The second-order valence-electron chi connectivity index (χ2n) is 5.10. The molecule has 0 bridgehead atoms. The summed E-state index contributed by atoms with van der Waals surface area (Å²) in [7, 11) is 0. The molecule has 26 heavy (non-hydrogen) atoms. The fourth-order valence-electron chi connectivity index (χ4n) is 2.21. The van der Waals surface area contributed by atoms with Gasteiger partial charge in [0, 0.05) is 11.4 Å². The van der Waals surface area contributed by atoms with Crippen LogP contribution in [0.15, 0.2) is 12.1 Å². The number of hydrogen-bond acceptors (Lipinski definition) is 5. The zero-order valence-electron chi connectivity index (χ0n) is 15.2. The predicted molar refractivity (Wildman–Crippen MR) is 106 cm³/mol. The van der Waals surface area contributed by atoms with Crippen LogP contribution in [0.5, 0.6) is 0 Å². The summed E-state index contributed by atoms with van der Waals surface area (Å²) < 4.78 is 9.62. The summed E-state index contributed by atoms with van der Waals surface area (Å²) in [5.74, 6) is 0. The fraction of sp³-hybridized carbons (Fsp3) is 0.500. The van der Waals surface area contributed by atoms with Crippen molar-refractivity contribution < 1.29 is 21.8 Å². The standard InChI is InChI=1S/C14H22N4O.2CNS.Cu/c1-11-9-13(3)17(15-11)5-7-19-8-6-18-14(4)10-12(2)16-18;2*2-1-3;/h9-10H,5-8H2,1-4H3;;;/q;2*-1;+2. The average Bonchev–Trinajstić information content (AvgIpc) is 3.01. The minimum absolute atomic E-state index is 0. The molecule has 7 nitrogen and oxygen atoms in total. The fourth-order valence-corrected chi connectivity index (χ4v) is 2.21. The maximum atomic E-state index is 7.13. The van der Waals surface area contributed by atoms with Crippen molar-refractivity contribution in [2.45, 2.75) is 40.8 Å². The van der Waals surface area contributed by atoms with Crippen molar-refractivity contribution in [2.75, 3.05) is 13.2 Å². The van der Waals surface area contributed by atoms with E-state index in [1.807, 2.05) is 23.2 Å². The van der Waals surface area contributed by atoms with Crippen LogP contribution in [0.1, 0.15) is 22.8 Å². The maximum absolute atomic E-state index is 7.13. The first-order valence-electron chi connectivity index (χ1n) is 7.51. The van der Waals surface area contributed by atoms with Crippen LogP contribution in [0.4, 0.5) is 0 Å². The van der Waals surface area contributed by atoms with Gasteiger partial charge < -0.3 is 15.6 Å². The van der Waals surface area contributed by atoms with E-state index in [2.05, 4.69) is 60.6 Å². The second-order valence-corrected chi connectivity index (χ2v) is 5.46. The van der Waals surface area contributed by atoms with E-state index >= 15 is 0 Å². The summed E-state index contributed by atoms with van der Waals surface area (Å²) in [4.78, 5) is 0. The van der Waals surface area contributed by atoms with Crippen molar-refractivity contribution in [3.63, 3.8) is 0 Å². The predicted octanol–water partition coefficient (Wildman–Crippen LogP) is 3.34. The zero-order valence-corrected chi connectivity index (χ0v) is 17.8. The minimum atomic E-state index is 0. The van der Waals surface area contributed by atoms with Crippen LogP contribution in [-0.4, -0.2) is 43.1 Å². The Kier molecular flexibility index (Phi) is 16.2. The van der Waals surface area contributed by atoms with Crippen molar-refractivity contribution in [1.29, 1.82) is 0 Å². The van der Waals surface area contributed by atoms with Gasteiger partial charge >= 0.3 is 17.1 Å². The van der Waals surface area contributed by atoms with E-state index in [4.69, 9.17) is 15.6 Å². The van der Waals surface area contributed by atoms with Gasteiger partial charge in [-0.1, -0.05) is 24.4 Å². The monoisotopic (exact) mass is 441 g/mol. The molecule has 0 atom stereocenters. The van der Waals surface area contributed by atoms with Gasteiger partial charge in [0.2, 0.25) is 0 Å². The first-order valence-corrected chi connectivity index (χ1v) is 8.33. The minimum Gasteiger partial charge on any atom is -0.753 e. The Hall–Kier alpha value is -1.50. The maximum Gasteiger partial charge on any atom is 2.00 e. The van der Waals surface area contributed by atoms with E-state index in [1.54, 1.807) is 0 Å². The molecule has 0 saturated heterocycles. The Balaban J connectivity index is 0. The van der Waals surface area contributed by atoms with Gasteiger partial charge in [-0.05, 0) is 39.8 Å². The third kappa shape index (κ3) is 11.2. The van der Waals surface area contributed by atoms with Gasteiger partial charge in [-0.3, -0.25) is 9.36 Å². The van der Waals surface area contributed by atoms with E-state index in [9.17, 15) is 0 Å². The van der Waals surface area contributed by atoms with Crippen molar-refractivity contribution in [3.05, 3.63) is 45.7 Å². The zero-order chi connectivity index (χ0) is 19.2. The van der Waals surface area contributed by atoms with E-state index in [0.717, 1.165) is 24.5 Å². The van der Waals surface area contributed by atoms with Crippen LogP contribution in [0.25, 0.3) is 10.8 Å². The van der Waals surface area contributed by atoms with Crippen LogP contribution in [0.2, 0.25) is 0 Å². The molecule has 1 radical (unpaired) electrons. The molecule has 0 aliphatic heterocycles. The molecule has 2 aromatic heterocycles. The number of nitrogens with zero attached hydrogens (tertiary/aromatic N) is 6.